The fourth-order valence-corrected chi connectivity index (χ4v) is 2.16. The van der Waals surface area contributed by atoms with Crippen LogP contribution in [0.4, 0.5) is 13.2 Å². The van der Waals surface area contributed by atoms with E-state index in [0.29, 0.717) is 5.01 Å². The van der Waals surface area contributed by atoms with Gasteiger partial charge in [-0.25, -0.2) is 18.2 Å². The molecule has 0 amide bonds. The van der Waals surface area contributed by atoms with E-state index in [2.05, 4.69) is 4.98 Å². The number of nitrogens with zero attached hydrogens (tertiary/aromatic N) is 1. The van der Waals surface area contributed by atoms with Gasteiger partial charge in [0.25, 0.3) is 0 Å². The van der Waals surface area contributed by atoms with E-state index < -0.39 is 17.5 Å². The molecule has 0 N–H and O–H groups in total. The lowest BCUT2D eigenvalue weighted by Crippen LogP contribution is -1.93. The zero-order valence-corrected chi connectivity index (χ0v) is 9.25. The van der Waals surface area contributed by atoms with E-state index in [9.17, 15) is 13.2 Å². The first-order chi connectivity index (χ1) is 7.63. The van der Waals surface area contributed by atoms with E-state index >= 15 is 0 Å². The Balaban J connectivity index is 2.52. The molecule has 16 heavy (non-hydrogen) atoms. The van der Waals surface area contributed by atoms with Gasteiger partial charge in [-0.3, -0.25) is 0 Å². The van der Waals surface area contributed by atoms with Crippen molar-refractivity contribution in [2.45, 2.75) is 13.3 Å². The number of hydrogen-bond acceptors (Lipinski definition) is 2. The van der Waals surface area contributed by atoms with Gasteiger partial charge in [0.15, 0.2) is 17.5 Å². The Labute approximate surface area is 94.6 Å². The van der Waals surface area contributed by atoms with Crippen LogP contribution in [0.15, 0.2) is 18.3 Å². The minimum Gasteiger partial charge on any atom is -0.244 e. The van der Waals surface area contributed by atoms with Gasteiger partial charge in [0.1, 0.15) is 5.01 Å². The molecule has 2 rings (SSSR count). The molecule has 5 heteroatoms. The topological polar surface area (TPSA) is 12.9 Å². The van der Waals surface area contributed by atoms with Gasteiger partial charge in [-0.05, 0) is 18.6 Å². The molecular weight excluding hydrogens is 235 g/mol. The monoisotopic (exact) mass is 243 g/mol. The van der Waals surface area contributed by atoms with Crippen LogP contribution in [0.5, 0.6) is 0 Å². The van der Waals surface area contributed by atoms with Crippen LogP contribution in [0.2, 0.25) is 0 Å². The van der Waals surface area contributed by atoms with Gasteiger partial charge in [-0.15, -0.1) is 11.3 Å². The number of rotatable bonds is 2. The Morgan fingerprint density at radius 2 is 1.94 bits per heavy atom. The van der Waals surface area contributed by atoms with Gasteiger partial charge in [0, 0.05) is 16.6 Å². The Morgan fingerprint density at radius 1 is 1.19 bits per heavy atom. The van der Waals surface area contributed by atoms with Crippen LogP contribution in [0.1, 0.15) is 11.8 Å². The van der Waals surface area contributed by atoms with Gasteiger partial charge in [0.05, 0.1) is 0 Å². The molecule has 1 aromatic carbocycles. The van der Waals surface area contributed by atoms with E-state index in [4.69, 9.17) is 0 Å². The Kier molecular flexibility index (Phi) is 2.96. The summed E-state index contributed by atoms with van der Waals surface area (Å²) in [5.41, 5.74) is 0.00333. The minimum atomic E-state index is -1.45. The fraction of sp³-hybridized carbons (Fsp3) is 0.182. The van der Waals surface area contributed by atoms with Gasteiger partial charge in [-0.1, -0.05) is 6.92 Å². The quantitative estimate of drug-likeness (QED) is 0.731. The summed E-state index contributed by atoms with van der Waals surface area (Å²) >= 11 is 1.27. The first-order valence-electron chi connectivity index (χ1n) is 4.72. The SMILES string of the molecule is CCc1cnc(-c2ccc(F)c(F)c2F)s1. The van der Waals surface area contributed by atoms with Gasteiger partial charge >= 0.3 is 0 Å². The third kappa shape index (κ3) is 1.82. The predicted octanol–water partition coefficient (Wildman–Crippen LogP) is 3.79. The summed E-state index contributed by atoms with van der Waals surface area (Å²) in [6.45, 7) is 1.94. The lowest BCUT2D eigenvalue weighted by Gasteiger charge is -2.00. The molecule has 84 valence electrons. The molecule has 0 spiro atoms. The van der Waals surface area contributed by atoms with E-state index in [-0.39, 0.29) is 5.56 Å². The van der Waals surface area contributed by atoms with Crippen molar-refractivity contribution < 1.29 is 13.2 Å². The average molecular weight is 243 g/mol. The summed E-state index contributed by atoms with van der Waals surface area (Å²) in [5.74, 6) is -3.82. The van der Waals surface area contributed by atoms with Crippen molar-refractivity contribution in [2.24, 2.45) is 0 Å². The second-order valence-electron chi connectivity index (χ2n) is 3.21. The van der Waals surface area contributed by atoms with Crippen LogP contribution >= 0.6 is 11.3 Å². The third-order valence-corrected chi connectivity index (χ3v) is 3.34. The number of benzene rings is 1. The van der Waals surface area contributed by atoms with Gasteiger partial charge in [-0.2, -0.15) is 0 Å². The van der Waals surface area contributed by atoms with Crippen LogP contribution in [0, 0.1) is 17.5 Å². The second-order valence-corrected chi connectivity index (χ2v) is 4.32. The Hall–Kier alpha value is -1.36. The normalized spacial score (nSPS) is 10.8. The smallest absolute Gasteiger partial charge is 0.195 e. The molecule has 0 aliphatic heterocycles. The minimum absolute atomic E-state index is 0.00333. The fourth-order valence-electron chi connectivity index (χ4n) is 1.29. The highest BCUT2D eigenvalue weighted by Crippen LogP contribution is 2.29. The van der Waals surface area contributed by atoms with E-state index in [0.717, 1.165) is 17.4 Å². The van der Waals surface area contributed by atoms with Crippen molar-refractivity contribution in [3.63, 3.8) is 0 Å². The molecule has 0 fully saturated rings. The van der Waals surface area contributed by atoms with Crippen LogP contribution < -0.4 is 0 Å². The molecule has 0 radical (unpaired) electrons. The Morgan fingerprint density at radius 3 is 2.56 bits per heavy atom. The molecule has 0 unspecified atom stereocenters. The van der Waals surface area contributed by atoms with Crippen molar-refractivity contribution in [1.82, 2.24) is 4.98 Å². The highest BCUT2D eigenvalue weighted by molar-refractivity contribution is 7.15. The maximum atomic E-state index is 13.4. The highest BCUT2D eigenvalue weighted by atomic mass is 32.1. The zero-order valence-electron chi connectivity index (χ0n) is 8.43. The maximum Gasteiger partial charge on any atom is 0.195 e. The molecular formula is C11H8F3NS. The lowest BCUT2D eigenvalue weighted by atomic mass is 10.2. The average Bonchev–Trinajstić information content (AvgIpc) is 2.74. The molecule has 0 saturated heterocycles. The van der Waals surface area contributed by atoms with Gasteiger partial charge < -0.3 is 0 Å². The number of thiazole rings is 1. The summed E-state index contributed by atoms with van der Waals surface area (Å²) in [6, 6.07) is 2.10. The molecule has 1 heterocycles. The molecule has 1 nitrogen and oxygen atoms in total. The number of halogens is 3. The van der Waals surface area contributed by atoms with Crippen LogP contribution in [-0.4, -0.2) is 4.98 Å². The van der Waals surface area contributed by atoms with Crippen LogP contribution in [0.3, 0.4) is 0 Å². The zero-order chi connectivity index (χ0) is 11.7. The van der Waals surface area contributed by atoms with Crippen molar-refractivity contribution in [3.8, 4) is 10.6 Å². The largest absolute Gasteiger partial charge is 0.244 e. The van der Waals surface area contributed by atoms with Gasteiger partial charge in [0.2, 0.25) is 0 Å². The molecule has 2 aromatic rings. The first-order valence-corrected chi connectivity index (χ1v) is 5.53. The first kappa shape index (κ1) is 11.1. The van der Waals surface area contributed by atoms with E-state index in [1.165, 1.54) is 17.4 Å². The number of aryl methyl sites for hydroxylation is 1. The van der Waals surface area contributed by atoms with Crippen molar-refractivity contribution in [3.05, 3.63) is 40.7 Å². The lowest BCUT2D eigenvalue weighted by molar-refractivity contribution is 0.449. The second kappa shape index (κ2) is 4.25. The molecule has 0 atom stereocenters. The van der Waals surface area contributed by atoms with E-state index in [1.807, 2.05) is 6.92 Å². The van der Waals surface area contributed by atoms with Crippen molar-refractivity contribution in [1.29, 1.82) is 0 Å². The number of aromatic nitrogens is 1. The predicted molar refractivity (Wildman–Crippen MR) is 56.8 cm³/mol. The summed E-state index contributed by atoms with van der Waals surface area (Å²) in [6.07, 6.45) is 2.39. The summed E-state index contributed by atoms with van der Waals surface area (Å²) in [7, 11) is 0. The maximum absolute atomic E-state index is 13.4. The molecule has 0 bridgehead atoms. The standard InChI is InChI=1S/C11H8F3NS/c1-2-6-5-15-11(16-6)7-3-4-8(12)10(14)9(7)13/h3-5H,2H2,1H3. The van der Waals surface area contributed by atoms with E-state index in [1.54, 1.807) is 6.20 Å². The number of hydrogen-bond donors (Lipinski definition) is 0. The van der Waals surface area contributed by atoms with Crippen LogP contribution in [0.25, 0.3) is 10.6 Å². The van der Waals surface area contributed by atoms with Crippen molar-refractivity contribution in [2.75, 3.05) is 0 Å². The Bertz CT molecular complexity index is 522. The van der Waals surface area contributed by atoms with Crippen molar-refractivity contribution >= 4 is 11.3 Å². The van der Waals surface area contributed by atoms with Crippen LogP contribution in [-0.2, 0) is 6.42 Å². The summed E-state index contributed by atoms with van der Waals surface area (Å²) in [5, 5.41) is 0.369. The molecule has 1 aromatic heterocycles. The highest BCUT2D eigenvalue weighted by Gasteiger charge is 2.16. The molecule has 0 aliphatic rings. The molecule has 0 saturated carbocycles. The summed E-state index contributed by atoms with van der Waals surface area (Å²) < 4.78 is 39.1. The summed E-state index contributed by atoms with van der Waals surface area (Å²) in [4.78, 5) is 4.95. The molecule has 0 aliphatic carbocycles. The third-order valence-electron chi connectivity index (χ3n) is 2.17.